The van der Waals surface area contributed by atoms with E-state index in [1.807, 2.05) is 33.0 Å². The Kier molecular flexibility index (Phi) is 7.68. The topological polar surface area (TPSA) is 93.4 Å². The van der Waals surface area contributed by atoms with Gasteiger partial charge in [-0.2, -0.15) is 0 Å². The van der Waals surface area contributed by atoms with Crippen molar-refractivity contribution in [2.75, 3.05) is 6.61 Å². The van der Waals surface area contributed by atoms with E-state index in [1.165, 1.54) is 11.3 Å². The van der Waals surface area contributed by atoms with Gasteiger partial charge in [0.25, 0.3) is 0 Å². The SMILES string of the molecule is CC(C)(C)N(C(=O)O)C1CCC=C(c2ccnc3c2c(-c2nncs2)cn3COCC[Si](C)(C)C)C1. The predicted octanol–water partition coefficient (Wildman–Crippen LogP) is 6.58. The second kappa shape index (κ2) is 10.4. The number of hydrogen-bond donors (Lipinski definition) is 1. The molecule has 0 bridgehead atoms. The van der Waals surface area contributed by atoms with Crippen LogP contribution >= 0.6 is 11.3 Å². The minimum atomic E-state index is -1.18. The Hall–Kier alpha value is -2.56. The molecule has 1 amide bonds. The number of rotatable bonds is 8. The van der Waals surface area contributed by atoms with Crippen molar-refractivity contribution in [1.29, 1.82) is 0 Å². The van der Waals surface area contributed by atoms with Crippen molar-refractivity contribution in [2.45, 2.75) is 84.0 Å². The van der Waals surface area contributed by atoms with Crippen LogP contribution in [0.25, 0.3) is 27.2 Å². The summed E-state index contributed by atoms with van der Waals surface area (Å²) in [6.07, 6.45) is 7.59. The normalized spacial score (nSPS) is 16.8. The van der Waals surface area contributed by atoms with Gasteiger partial charge in [-0.25, -0.2) is 9.78 Å². The van der Waals surface area contributed by atoms with Crippen molar-refractivity contribution in [2.24, 2.45) is 0 Å². The van der Waals surface area contributed by atoms with Gasteiger partial charge in [0.2, 0.25) is 0 Å². The van der Waals surface area contributed by atoms with Gasteiger partial charge >= 0.3 is 6.09 Å². The fraction of sp³-hybridized carbons (Fsp3) is 0.538. The Balaban J connectivity index is 1.71. The Morgan fingerprint density at radius 3 is 2.72 bits per heavy atom. The summed E-state index contributed by atoms with van der Waals surface area (Å²) in [5.74, 6) is 0. The van der Waals surface area contributed by atoms with Crippen LogP contribution in [0.1, 0.15) is 45.6 Å². The maximum atomic E-state index is 12.2. The minimum Gasteiger partial charge on any atom is -0.465 e. The summed E-state index contributed by atoms with van der Waals surface area (Å²) in [6.45, 7) is 14.1. The van der Waals surface area contributed by atoms with Gasteiger partial charge in [-0.1, -0.05) is 37.1 Å². The number of ether oxygens (including phenoxy) is 1. The minimum absolute atomic E-state index is 0.0809. The molecule has 1 N–H and O–H groups in total. The molecule has 1 atom stereocenters. The average molecular weight is 528 g/mol. The summed E-state index contributed by atoms with van der Waals surface area (Å²) >= 11 is 1.50. The lowest BCUT2D eigenvalue weighted by Gasteiger charge is -2.41. The number of amides is 1. The van der Waals surface area contributed by atoms with Gasteiger partial charge in [0.05, 0.1) is 0 Å². The van der Waals surface area contributed by atoms with E-state index < -0.39 is 19.7 Å². The molecule has 1 unspecified atom stereocenters. The zero-order valence-corrected chi connectivity index (χ0v) is 23.9. The van der Waals surface area contributed by atoms with Gasteiger partial charge in [0.15, 0.2) is 0 Å². The molecule has 10 heteroatoms. The van der Waals surface area contributed by atoms with Crippen LogP contribution in [0.5, 0.6) is 0 Å². The van der Waals surface area contributed by atoms with Crippen LogP contribution in [0.4, 0.5) is 4.79 Å². The van der Waals surface area contributed by atoms with Crippen LogP contribution in [-0.2, 0) is 11.5 Å². The highest BCUT2D eigenvalue weighted by Gasteiger charge is 2.35. The third-order valence-electron chi connectivity index (χ3n) is 6.56. The highest BCUT2D eigenvalue weighted by molar-refractivity contribution is 7.12. The van der Waals surface area contributed by atoms with E-state index >= 15 is 0 Å². The molecule has 0 saturated carbocycles. The molecule has 3 heterocycles. The van der Waals surface area contributed by atoms with Gasteiger partial charge in [0.1, 0.15) is 22.9 Å². The number of fused-ring (bicyclic) bond motifs is 1. The maximum Gasteiger partial charge on any atom is 0.407 e. The van der Waals surface area contributed by atoms with Crippen LogP contribution in [0.15, 0.2) is 30.0 Å². The summed E-state index contributed by atoms with van der Waals surface area (Å²) in [5.41, 5.74) is 5.33. The Morgan fingerprint density at radius 2 is 2.08 bits per heavy atom. The molecule has 0 spiro atoms. The van der Waals surface area contributed by atoms with Crippen molar-refractivity contribution < 1.29 is 14.6 Å². The number of carboxylic acid groups (broad SMARTS) is 1. The molecule has 0 aliphatic heterocycles. The number of aromatic nitrogens is 4. The first-order valence-corrected chi connectivity index (χ1v) is 17.1. The van der Waals surface area contributed by atoms with Gasteiger partial charge in [0, 0.05) is 49.6 Å². The molecule has 194 valence electrons. The number of carbonyl (C=O) groups is 1. The van der Waals surface area contributed by atoms with Crippen molar-refractivity contribution in [3.63, 3.8) is 0 Å². The Morgan fingerprint density at radius 1 is 1.31 bits per heavy atom. The highest BCUT2D eigenvalue weighted by atomic mass is 32.1. The van der Waals surface area contributed by atoms with Crippen LogP contribution < -0.4 is 0 Å². The summed E-state index contributed by atoms with van der Waals surface area (Å²) < 4.78 is 8.13. The predicted molar refractivity (Wildman–Crippen MR) is 148 cm³/mol. The first kappa shape index (κ1) is 26.5. The molecule has 1 aliphatic rings. The molecule has 3 aromatic rings. The molecule has 0 fully saturated rings. The smallest absolute Gasteiger partial charge is 0.407 e. The fourth-order valence-corrected chi connectivity index (χ4v) is 6.22. The van der Waals surface area contributed by atoms with Crippen molar-refractivity contribution >= 4 is 42.1 Å². The van der Waals surface area contributed by atoms with Gasteiger partial charge in [-0.05, 0) is 63.3 Å². The van der Waals surface area contributed by atoms with E-state index in [2.05, 4.69) is 46.7 Å². The molecular weight excluding hydrogens is 490 g/mol. The quantitative estimate of drug-likeness (QED) is 0.263. The van der Waals surface area contributed by atoms with E-state index in [4.69, 9.17) is 9.72 Å². The zero-order chi connectivity index (χ0) is 26.1. The summed E-state index contributed by atoms with van der Waals surface area (Å²) in [6, 6.07) is 3.07. The summed E-state index contributed by atoms with van der Waals surface area (Å²) in [7, 11) is -1.18. The van der Waals surface area contributed by atoms with Crippen molar-refractivity contribution in [1.82, 2.24) is 24.6 Å². The summed E-state index contributed by atoms with van der Waals surface area (Å²) in [4.78, 5) is 18.5. The molecule has 8 nitrogen and oxygen atoms in total. The van der Waals surface area contributed by atoms with E-state index in [0.29, 0.717) is 13.2 Å². The van der Waals surface area contributed by atoms with Crippen LogP contribution in [0, 0.1) is 0 Å². The number of allylic oxidation sites excluding steroid dienone is 1. The first-order chi connectivity index (χ1) is 17.0. The molecule has 0 aromatic carbocycles. The zero-order valence-electron chi connectivity index (χ0n) is 22.1. The molecule has 1 aliphatic carbocycles. The first-order valence-electron chi connectivity index (χ1n) is 12.5. The third-order valence-corrected chi connectivity index (χ3v) is 8.99. The van der Waals surface area contributed by atoms with Crippen molar-refractivity contribution in [3.8, 4) is 10.6 Å². The molecule has 0 saturated heterocycles. The lowest BCUT2D eigenvalue weighted by atomic mass is 9.86. The fourth-order valence-electron chi connectivity index (χ4n) is 4.90. The van der Waals surface area contributed by atoms with E-state index in [9.17, 15) is 9.90 Å². The van der Waals surface area contributed by atoms with E-state index in [0.717, 1.165) is 58.2 Å². The van der Waals surface area contributed by atoms with Crippen molar-refractivity contribution in [3.05, 3.63) is 35.6 Å². The molecule has 0 radical (unpaired) electrons. The van der Waals surface area contributed by atoms with Gasteiger partial charge in [-0.3, -0.25) is 0 Å². The number of nitrogens with zero attached hydrogens (tertiary/aromatic N) is 5. The largest absolute Gasteiger partial charge is 0.465 e. The number of pyridine rings is 1. The van der Waals surface area contributed by atoms with Gasteiger partial charge in [-0.15, -0.1) is 10.2 Å². The molecule has 4 rings (SSSR count). The Bertz CT molecular complexity index is 1240. The molecule has 36 heavy (non-hydrogen) atoms. The Labute approximate surface area is 218 Å². The second-order valence-corrected chi connectivity index (χ2v) is 18.1. The highest BCUT2D eigenvalue weighted by Crippen LogP contribution is 2.40. The van der Waals surface area contributed by atoms with Crippen LogP contribution in [-0.4, -0.2) is 62.1 Å². The van der Waals surface area contributed by atoms with Crippen LogP contribution in [0.2, 0.25) is 25.7 Å². The monoisotopic (exact) mass is 527 g/mol. The lowest BCUT2D eigenvalue weighted by Crippen LogP contribution is -2.51. The maximum absolute atomic E-state index is 12.2. The second-order valence-electron chi connectivity index (χ2n) is 11.6. The molecular formula is C26H37N5O3SSi. The van der Waals surface area contributed by atoms with E-state index in [-0.39, 0.29) is 6.04 Å². The number of hydrogen-bond acceptors (Lipinski definition) is 6. The summed E-state index contributed by atoms with van der Waals surface area (Å²) in [5, 5.41) is 20.3. The van der Waals surface area contributed by atoms with Gasteiger partial charge < -0.3 is 19.3 Å². The third kappa shape index (κ3) is 5.87. The molecule has 3 aromatic heterocycles. The lowest BCUT2D eigenvalue weighted by molar-refractivity contribution is 0.0679. The van der Waals surface area contributed by atoms with E-state index in [1.54, 1.807) is 10.4 Å². The standard InChI is InChI=1S/C26H37N5O3SSi/c1-26(2,3)31(25(32)33)19-9-7-8-18(14-19)20-10-11-27-23-22(20)21(24-29-28-16-35-24)15-30(23)17-34-12-13-36(4,5)6/h8,10-11,15-16,19H,7,9,12-14,17H2,1-6H3,(H,32,33). The average Bonchev–Trinajstić information content (AvgIpc) is 3.43. The van der Waals surface area contributed by atoms with Crippen LogP contribution in [0.3, 0.4) is 0 Å².